The minimum atomic E-state index is 0.666. The molecule has 2 N–H and O–H groups in total. The predicted molar refractivity (Wildman–Crippen MR) is 54.8 cm³/mol. The normalized spacial score (nSPS) is 14.9. The van der Waals surface area contributed by atoms with Crippen LogP contribution in [0.1, 0.15) is 12.0 Å². The van der Waals surface area contributed by atoms with Gasteiger partial charge in [-0.1, -0.05) is 6.07 Å². The van der Waals surface area contributed by atoms with Crippen LogP contribution in [0.4, 0.5) is 0 Å². The Hall–Kier alpha value is -1.22. The standard InChI is InChI=1S/C11H15NO2/c12-5-4-9-2-3-10-11(8-9)14-7-1-6-13-10/h2-3,8H,1,4-7,12H2. The molecule has 1 aromatic rings. The Kier molecular flexibility index (Phi) is 2.89. The van der Waals surface area contributed by atoms with Gasteiger partial charge in [0, 0.05) is 6.42 Å². The molecule has 0 unspecified atom stereocenters. The highest BCUT2D eigenvalue weighted by Crippen LogP contribution is 2.30. The van der Waals surface area contributed by atoms with E-state index in [1.165, 1.54) is 5.56 Å². The number of hydrogen-bond donors (Lipinski definition) is 1. The second-order valence-corrected chi connectivity index (χ2v) is 3.37. The Morgan fingerprint density at radius 1 is 1.14 bits per heavy atom. The lowest BCUT2D eigenvalue weighted by Gasteiger charge is -2.08. The molecule has 1 aliphatic rings. The molecule has 76 valence electrons. The van der Waals surface area contributed by atoms with E-state index >= 15 is 0 Å². The second kappa shape index (κ2) is 4.33. The molecular weight excluding hydrogens is 178 g/mol. The van der Waals surface area contributed by atoms with Crippen LogP contribution in [0.3, 0.4) is 0 Å². The highest BCUT2D eigenvalue weighted by Gasteiger charge is 2.09. The summed E-state index contributed by atoms with van der Waals surface area (Å²) in [5.74, 6) is 1.71. The number of rotatable bonds is 2. The van der Waals surface area contributed by atoms with E-state index in [1.807, 2.05) is 18.2 Å². The van der Waals surface area contributed by atoms with Crippen LogP contribution in [0.5, 0.6) is 11.5 Å². The second-order valence-electron chi connectivity index (χ2n) is 3.37. The fourth-order valence-corrected chi connectivity index (χ4v) is 1.53. The van der Waals surface area contributed by atoms with Crippen molar-refractivity contribution < 1.29 is 9.47 Å². The summed E-state index contributed by atoms with van der Waals surface area (Å²) in [6.45, 7) is 2.14. The van der Waals surface area contributed by atoms with Crippen molar-refractivity contribution >= 4 is 0 Å². The van der Waals surface area contributed by atoms with E-state index in [1.54, 1.807) is 0 Å². The molecule has 1 aromatic carbocycles. The van der Waals surface area contributed by atoms with Crippen molar-refractivity contribution in [3.63, 3.8) is 0 Å². The van der Waals surface area contributed by atoms with Crippen LogP contribution >= 0.6 is 0 Å². The van der Waals surface area contributed by atoms with Crippen LogP contribution in [0, 0.1) is 0 Å². The van der Waals surface area contributed by atoms with Gasteiger partial charge in [0.1, 0.15) is 0 Å². The number of benzene rings is 1. The highest BCUT2D eigenvalue weighted by molar-refractivity contribution is 5.43. The molecule has 1 heterocycles. The fourth-order valence-electron chi connectivity index (χ4n) is 1.53. The summed E-state index contributed by atoms with van der Waals surface area (Å²) in [6.07, 6.45) is 1.83. The molecule has 0 aromatic heterocycles. The smallest absolute Gasteiger partial charge is 0.161 e. The zero-order valence-corrected chi connectivity index (χ0v) is 8.16. The summed E-state index contributed by atoms with van der Waals surface area (Å²) in [7, 11) is 0. The quantitative estimate of drug-likeness (QED) is 0.771. The first-order valence-electron chi connectivity index (χ1n) is 4.99. The van der Waals surface area contributed by atoms with Crippen LogP contribution < -0.4 is 15.2 Å². The number of nitrogens with two attached hydrogens (primary N) is 1. The number of fused-ring (bicyclic) bond motifs is 1. The van der Waals surface area contributed by atoms with Gasteiger partial charge in [-0.15, -0.1) is 0 Å². The first-order valence-corrected chi connectivity index (χ1v) is 4.99. The van der Waals surface area contributed by atoms with E-state index in [0.29, 0.717) is 6.54 Å². The van der Waals surface area contributed by atoms with Crippen molar-refractivity contribution in [3.8, 4) is 11.5 Å². The molecule has 0 radical (unpaired) electrons. The average molecular weight is 193 g/mol. The van der Waals surface area contributed by atoms with Gasteiger partial charge in [0.2, 0.25) is 0 Å². The Balaban J connectivity index is 2.23. The summed E-state index contributed by atoms with van der Waals surface area (Å²) in [4.78, 5) is 0. The van der Waals surface area contributed by atoms with E-state index in [2.05, 4.69) is 0 Å². The molecule has 0 spiro atoms. The first-order chi connectivity index (χ1) is 6.90. The maximum Gasteiger partial charge on any atom is 0.161 e. The maximum absolute atomic E-state index is 5.57. The van der Waals surface area contributed by atoms with Gasteiger partial charge in [-0.2, -0.15) is 0 Å². The number of hydrogen-bond acceptors (Lipinski definition) is 3. The molecule has 14 heavy (non-hydrogen) atoms. The van der Waals surface area contributed by atoms with Gasteiger partial charge in [-0.3, -0.25) is 0 Å². The number of ether oxygens (including phenoxy) is 2. The lowest BCUT2D eigenvalue weighted by molar-refractivity contribution is 0.297. The molecule has 0 saturated carbocycles. The Morgan fingerprint density at radius 3 is 2.71 bits per heavy atom. The van der Waals surface area contributed by atoms with Crippen molar-refractivity contribution in [2.75, 3.05) is 19.8 Å². The van der Waals surface area contributed by atoms with E-state index in [9.17, 15) is 0 Å². The van der Waals surface area contributed by atoms with Crippen molar-refractivity contribution in [1.29, 1.82) is 0 Å². The molecule has 2 rings (SSSR count). The van der Waals surface area contributed by atoms with E-state index in [-0.39, 0.29) is 0 Å². The molecule has 0 aliphatic carbocycles. The summed E-state index contributed by atoms with van der Waals surface area (Å²) < 4.78 is 11.1. The molecule has 0 fully saturated rings. The molecule has 3 nitrogen and oxygen atoms in total. The van der Waals surface area contributed by atoms with Crippen LogP contribution in [-0.4, -0.2) is 19.8 Å². The summed E-state index contributed by atoms with van der Waals surface area (Å²) >= 11 is 0. The van der Waals surface area contributed by atoms with Crippen molar-refractivity contribution in [2.45, 2.75) is 12.8 Å². The van der Waals surface area contributed by atoms with Crippen LogP contribution in [-0.2, 0) is 6.42 Å². The Bertz CT molecular complexity index is 312. The van der Waals surface area contributed by atoms with E-state index < -0.39 is 0 Å². The molecule has 3 heteroatoms. The zero-order chi connectivity index (χ0) is 9.80. The molecule has 0 saturated heterocycles. The monoisotopic (exact) mass is 193 g/mol. The van der Waals surface area contributed by atoms with Gasteiger partial charge in [-0.05, 0) is 30.7 Å². The lowest BCUT2D eigenvalue weighted by atomic mass is 10.1. The largest absolute Gasteiger partial charge is 0.490 e. The topological polar surface area (TPSA) is 44.5 Å². The van der Waals surface area contributed by atoms with Gasteiger partial charge < -0.3 is 15.2 Å². The van der Waals surface area contributed by atoms with Crippen LogP contribution in [0.25, 0.3) is 0 Å². The van der Waals surface area contributed by atoms with Gasteiger partial charge >= 0.3 is 0 Å². The Labute approximate surface area is 83.8 Å². The van der Waals surface area contributed by atoms with Crippen LogP contribution in [0.15, 0.2) is 18.2 Å². The third-order valence-electron chi connectivity index (χ3n) is 2.24. The zero-order valence-electron chi connectivity index (χ0n) is 8.16. The Morgan fingerprint density at radius 2 is 1.93 bits per heavy atom. The minimum absolute atomic E-state index is 0.666. The molecule has 0 amide bonds. The molecule has 0 bridgehead atoms. The lowest BCUT2D eigenvalue weighted by Crippen LogP contribution is -2.03. The summed E-state index contributed by atoms with van der Waals surface area (Å²) in [5.41, 5.74) is 6.70. The van der Waals surface area contributed by atoms with Gasteiger partial charge in [0.15, 0.2) is 11.5 Å². The van der Waals surface area contributed by atoms with Gasteiger partial charge in [0.25, 0.3) is 0 Å². The van der Waals surface area contributed by atoms with Crippen molar-refractivity contribution in [3.05, 3.63) is 23.8 Å². The first kappa shape index (κ1) is 9.34. The molecule has 0 atom stereocenters. The minimum Gasteiger partial charge on any atom is -0.490 e. The molecule has 1 aliphatic heterocycles. The average Bonchev–Trinajstić information content (AvgIpc) is 2.42. The molecular formula is C11H15NO2. The van der Waals surface area contributed by atoms with Crippen molar-refractivity contribution in [2.24, 2.45) is 5.73 Å². The fraction of sp³-hybridized carbons (Fsp3) is 0.455. The highest BCUT2D eigenvalue weighted by atomic mass is 16.5. The maximum atomic E-state index is 5.57. The van der Waals surface area contributed by atoms with E-state index in [0.717, 1.165) is 37.6 Å². The third kappa shape index (κ3) is 1.99. The van der Waals surface area contributed by atoms with Crippen molar-refractivity contribution in [1.82, 2.24) is 0 Å². The van der Waals surface area contributed by atoms with Crippen LogP contribution in [0.2, 0.25) is 0 Å². The SMILES string of the molecule is NCCc1ccc2c(c1)OCCCO2. The van der Waals surface area contributed by atoms with Gasteiger partial charge in [-0.25, -0.2) is 0 Å². The predicted octanol–water partition coefficient (Wildman–Crippen LogP) is 1.35. The summed E-state index contributed by atoms with van der Waals surface area (Å²) in [6, 6.07) is 6.03. The van der Waals surface area contributed by atoms with E-state index in [4.69, 9.17) is 15.2 Å². The van der Waals surface area contributed by atoms with Gasteiger partial charge in [0.05, 0.1) is 13.2 Å². The summed E-state index contributed by atoms with van der Waals surface area (Å²) in [5, 5.41) is 0. The third-order valence-corrected chi connectivity index (χ3v) is 2.24.